The molecule has 0 saturated carbocycles. The predicted molar refractivity (Wildman–Crippen MR) is 59.6 cm³/mol. The van der Waals surface area contributed by atoms with E-state index in [4.69, 9.17) is 14.9 Å². The first-order chi connectivity index (χ1) is 7.72. The minimum Gasteiger partial charge on any atom is -0.508 e. The van der Waals surface area contributed by atoms with E-state index in [0.717, 1.165) is 0 Å². The molecule has 0 amide bonds. The average molecular weight is 227 g/mol. The number of rotatable bonds is 7. The fraction of sp³-hybridized carbons (Fsp3) is 0.455. The molecular formula is C11H17NO4. The number of phenolic OH excluding ortho intramolecular Hbond substituents is 1. The summed E-state index contributed by atoms with van der Waals surface area (Å²) in [6.07, 6.45) is -0.625. The molecular weight excluding hydrogens is 210 g/mol. The summed E-state index contributed by atoms with van der Waals surface area (Å²) >= 11 is 0. The third-order valence-corrected chi connectivity index (χ3v) is 1.95. The molecule has 90 valence electrons. The highest BCUT2D eigenvalue weighted by atomic mass is 16.5. The van der Waals surface area contributed by atoms with E-state index >= 15 is 0 Å². The summed E-state index contributed by atoms with van der Waals surface area (Å²) in [5, 5.41) is 29.9. The molecule has 0 heterocycles. The molecule has 0 saturated heterocycles. The average Bonchev–Trinajstić information content (AvgIpc) is 2.29. The molecule has 1 aromatic rings. The third-order valence-electron chi connectivity index (χ3n) is 1.95. The molecule has 0 bridgehead atoms. The summed E-state index contributed by atoms with van der Waals surface area (Å²) < 4.78 is 5.29. The van der Waals surface area contributed by atoms with Gasteiger partial charge in [-0.05, 0) is 24.3 Å². The zero-order valence-electron chi connectivity index (χ0n) is 8.97. The molecule has 1 atom stereocenters. The summed E-state index contributed by atoms with van der Waals surface area (Å²) in [7, 11) is 0. The smallest absolute Gasteiger partial charge is 0.119 e. The number of aliphatic hydroxyl groups excluding tert-OH is 2. The zero-order valence-corrected chi connectivity index (χ0v) is 8.97. The van der Waals surface area contributed by atoms with E-state index in [1.807, 2.05) is 0 Å². The summed E-state index contributed by atoms with van der Waals surface area (Å²) in [5.74, 6) is 0.775. The van der Waals surface area contributed by atoms with Crippen molar-refractivity contribution in [2.75, 3.05) is 26.3 Å². The van der Waals surface area contributed by atoms with Gasteiger partial charge < -0.3 is 25.4 Å². The maximum absolute atomic E-state index is 9.47. The molecule has 5 nitrogen and oxygen atoms in total. The minimum atomic E-state index is -0.625. The number of aromatic hydroxyl groups is 1. The predicted octanol–water partition coefficient (Wildman–Crippen LogP) is -0.286. The monoisotopic (exact) mass is 227 g/mol. The van der Waals surface area contributed by atoms with Crippen LogP contribution in [-0.2, 0) is 0 Å². The number of ether oxygens (including phenoxy) is 1. The van der Waals surface area contributed by atoms with E-state index in [1.54, 1.807) is 12.1 Å². The van der Waals surface area contributed by atoms with Gasteiger partial charge in [0.1, 0.15) is 24.2 Å². The molecule has 1 rings (SSSR count). The lowest BCUT2D eigenvalue weighted by molar-refractivity contribution is 0.105. The standard InChI is InChI=1S/C11H17NO4/c13-6-5-12-7-10(15)8-16-11-3-1-9(14)2-4-11/h1-4,10,12-15H,5-8H2. The summed E-state index contributed by atoms with van der Waals surface area (Å²) in [5.41, 5.74) is 0. The molecule has 1 unspecified atom stereocenters. The van der Waals surface area contributed by atoms with Crippen LogP contribution in [0.1, 0.15) is 0 Å². The van der Waals surface area contributed by atoms with Crippen molar-refractivity contribution >= 4 is 0 Å². The molecule has 0 aromatic heterocycles. The van der Waals surface area contributed by atoms with E-state index in [0.29, 0.717) is 18.8 Å². The Labute approximate surface area is 94.3 Å². The van der Waals surface area contributed by atoms with Crippen LogP contribution in [0, 0.1) is 0 Å². The number of hydrogen-bond donors (Lipinski definition) is 4. The Hall–Kier alpha value is -1.30. The fourth-order valence-electron chi connectivity index (χ4n) is 1.14. The lowest BCUT2D eigenvalue weighted by atomic mass is 10.3. The Bertz CT molecular complexity index is 289. The molecule has 16 heavy (non-hydrogen) atoms. The van der Waals surface area contributed by atoms with Crippen molar-refractivity contribution in [2.24, 2.45) is 0 Å². The van der Waals surface area contributed by atoms with Gasteiger partial charge in [-0.25, -0.2) is 0 Å². The lowest BCUT2D eigenvalue weighted by Crippen LogP contribution is -2.32. The van der Waals surface area contributed by atoms with Crippen molar-refractivity contribution in [1.29, 1.82) is 0 Å². The third kappa shape index (κ3) is 4.97. The van der Waals surface area contributed by atoms with Gasteiger partial charge in [-0.2, -0.15) is 0 Å². The van der Waals surface area contributed by atoms with Gasteiger partial charge in [-0.1, -0.05) is 0 Å². The van der Waals surface area contributed by atoms with Gasteiger partial charge in [0.15, 0.2) is 0 Å². The van der Waals surface area contributed by atoms with Crippen molar-refractivity contribution in [3.8, 4) is 11.5 Å². The lowest BCUT2D eigenvalue weighted by Gasteiger charge is -2.12. The second-order valence-electron chi connectivity index (χ2n) is 3.39. The van der Waals surface area contributed by atoms with Crippen molar-refractivity contribution in [1.82, 2.24) is 5.32 Å². The van der Waals surface area contributed by atoms with Gasteiger partial charge in [0, 0.05) is 13.1 Å². The van der Waals surface area contributed by atoms with Crippen LogP contribution in [0.2, 0.25) is 0 Å². The highest BCUT2D eigenvalue weighted by Gasteiger charge is 2.04. The van der Waals surface area contributed by atoms with Crippen LogP contribution in [0.4, 0.5) is 0 Å². The molecule has 0 aliphatic heterocycles. The summed E-state index contributed by atoms with van der Waals surface area (Å²) in [6, 6.07) is 6.30. The molecule has 4 N–H and O–H groups in total. The first kappa shape index (κ1) is 12.8. The first-order valence-corrected chi connectivity index (χ1v) is 5.14. The van der Waals surface area contributed by atoms with Gasteiger partial charge in [0.05, 0.1) is 6.61 Å². The Kier molecular flexibility index (Phi) is 5.63. The number of hydrogen-bond acceptors (Lipinski definition) is 5. The molecule has 0 fully saturated rings. The number of benzene rings is 1. The Balaban J connectivity index is 2.20. The van der Waals surface area contributed by atoms with Crippen molar-refractivity contribution in [3.63, 3.8) is 0 Å². The van der Waals surface area contributed by atoms with Crippen LogP contribution in [-0.4, -0.2) is 47.7 Å². The Morgan fingerprint density at radius 3 is 2.56 bits per heavy atom. The number of phenols is 1. The largest absolute Gasteiger partial charge is 0.508 e. The van der Waals surface area contributed by atoms with Gasteiger partial charge in [-0.15, -0.1) is 0 Å². The molecule has 1 aromatic carbocycles. The zero-order chi connectivity index (χ0) is 11.8. The normalized spacial score (nSPS) is 12.4. The second kappa shape index (κ2) is 7.05. The minimum absolute atomic E-state index is 0.0472. The van der Waals surface area contributed by atoms with Crippen LogP contribution in [0.25, 0.3) is 0 Å². The van der Waals surface area contributed by atoms with E-state index in [-0.39, 0.29) is 19.0 Å². The number of nitrogens with one attached hydrogen (secondary N) is 1. The fourth-order valence-corrected chi connectivity index (χ4v) is 1.14. The summed E-state index contributed by atoms with van der Waals surface area (Å²) in [4.78, 5) is 0. The Morgan fingerprint density at radius 2 is 1.94 bits per heavy atom. The van der Waals surface area contributed by atoms with E-state index in [1.165, 1.54) is 12.1 Å². The van der Waals surface area contributed by atoms with Gasteiger partial charge >= 0.3 is 0 Å². The quantitative estimate of drug-likeness (QED) is 0.481. The van der Waals surface area contributed by atoms with Crippen molar-refractivity contribution in [3.05, 3.63) is 24.3 Å². The van der Waals surface area contributed by atoms with Gasteiger partial charge in [-0.3, -0.25) is 0 Å². The topological polar surface area (TPSA) is 82.0 Å². The van der Waals surface area contributed by atoms with Crippen molar-refractivity contribution in [2.45, 2.75) is 6.10 Å². The maximum atomic E-state index is 9.47. The second-order valence-corrected chi connectivity index (χ2v) is 3.39. The van der Waals surface area contributed by atoms with E-state index in [9.17, 15) is 5.11 Å². The van der Waals surface area contributed by atoms with Gasteiger partial charge in [0.25, 0.3) is 0 Å². The van der Waals surface area contributed by atoms with E-state index < -0.39 is 6.10 Å². The molecule has 0 spiro atoms. The highest BCUT2D eigenvalue weighted by Crippen LogP contribution is 2.15. The van der Waals surface area contributed by atoms with Crippen LogP contribution < -0.4 is 10.1 Å². The maximum Gasteiger partial charge on any atom is 0.119 e. The van der Waals surface area contributed by atoms with Crippen LogP contribution in [0.3, 0.4) is 0 Å². The van der Waals surface area contributed by atoms with Crippen LogP contribution >= 0.6 is 0 Å². The summed E-state index contributed by atoms with van der Waals surface area (Å²) in [6.45, 7) is 1.05. The SMILES string of the molecule is OCCNCC(O)COc1ccc(O)cc1. The first-order valence-electron chi connectivity index (χ1n) is 5.14. The van der Waals surface area contributed by atoms with Crippen LogP contribution in [0.5, 0.6) is 11.5 Å². The Morgan fingerprint density at radius 1 is 1.25 bits per heavy atom. The highest BCUT2D eigenvalue weighted by molar-refractivity contribution is 5.30. The molecule has 5 heteroatoms. The van der Waals surface area contributed by atoms with Gasteiger partial charge in [0.2, 0.25) is 0 Å². The van der Waals surface area contributed by atoms with E-state index in [2.05, 4.69) is 5.32 Å². The van der Waals surface area contributed by atoms with Crippen LogP contribution in [0.15, 0.2) is 24.3 Å². The number of aliphatic hydroxyl groups is 2. The molecule has 0 radical (unpaired) electrons. The van der Waals surface area contributed by atoms with Crippen molar-refractivity contribution < 1.29 is 20.1 Å². The molecule has 0 aliphatic rings. The molecule has 0 aliphatic carbocycles.